The maximum absolute atomic E-state index is 14.7. The molecule has 1 aliphatic rings. The molecular formula is C81H112N8O17. The van der Waals surface area contributed by atoms with E-state index in [9.17, 15) is 58.3 Å². The highest BCUT2D eigenvalue weighted by atomic mass is 16.6. The van der Waals surface area contributed by atoms with Crippen LogP contribution in [0.25, 0.3) is 11.1 Å². The predicted molar refractivity (Wildman–Crippen MR) is 404 cm³/mol. The Balaban J connectivity index is 0.000000537. The van der Waals surface area contributed by atoms with Gasteiger partial charge < -0.3 is 72.4 Å². The number of likely N-dealkylation sites (N-methyl/N-ethyl adjacent to an activating group) is 1. The molecule has 0 fully saturated rings. The Bertz CT molecular complexity index is 3670. The molecule has 5 aromatic carbocycles. The van der Waals surface area contributed by atoms with Gasteiger partial charge in [-0.2, -0.15) is 5.26 Å². The third-order valence-electron chi connectivity index (χ3n) is 17.2. The van der Waals surface area contributed by atoms with Crippen LogP contribution < -0.4 is 43.0 Å². The number of alkyl carbamates (subject to hydrolysis) is 1. The highest BCUT2D eigenvalue weighted by molar-refractivity contribution is 6.01. The number of aliphatic carboxylic acids is 2. The van der Waals surface area contributed by atoms with Gasteiger partial charge >= 0.3 is 30.0 Å². The molecule has 578 valence electrons. The van der Waals surface area contributed by atoms with E-state index in [0.717, 1.165) is 36.0 Å². The van der Waals surface area contributed by atoms with E-state index in [1.807, 2.05) is 91.9 Å². The van der Waals surface area contributed by atoms with E-state index in [4.69, 9.17) is 51.7 Å². The fraction of sp³-hybridized carbons (Fsp3) is 0.494. The van der Waals surface area contributed by atoms with Gasteiger partial charge in [0.15, 0.2) is 17.3 Å². The molecule has 6 atom stereocenters. The first-order valence-electron chi connectivity index (χ1n) is 35.9. The van der Waals surface area contributed by atoms with Crippen LogP contribution in [-0.2, 0) is 78.6 Å². The molecular weight excluding hydrogens is 1360 g/mol. The second kappa shape index (κ2) is 48.3. The van der Waals surface area contributed by atoms with Crippen molar-refractivity contribution >= 4 is 59.1 Å². The fourth-order valence-electron chi connectivity index (χ4n) is 11.6. The SMILES string of the molecule is C.CC(C)(C)OC(=O)NCC[C@@H](CC(=O)OCc1ccccc1)C(=O)O.CCCCCCCc1ccc(C(=O)C[C@H](CCN)C(=O)N(C)[C@@H]2C(=O)C[C@@H](C)C(=O)N[C@H](C(=O)CCC#N)Cc3ccc(OCCN)c(c3)-c3cc2ccc3OCCN)c(C)c1.NCC[C@@H](CC(=O)OCc1ccccc1)C(=O)O. The summed E-state index contributed by atoms with van der Waals surface area (Å²) in [6.45, 7) is 12.5. The van der Waals surface area contributed by atoms with Gasteiger partial charge in [0.2, 0.25) is 11.8 Å². The zero-order valence-electron chi connectivity index (χ0n) is 61.8. The normalized spacial score (nSPS) is 14.8. The van der Waals surface area contributed by atoms with E-state index in [1.54, 1.807) is 58.0 Å². The average Bonchev–Trinajstić information content (AvgIpc) is 0.776. The van der Waals surface area contributed by atoms with Crippen LogP contribution in [0.2, 0.25) is 0 Å². The Morgan fingerprint density at radius 2 is 1.22 bits per heavy atom. The lowest BCUT2D eigenvalue weighted by Gasteiger charge is -2.32. The molecule has 0 aliphatic carbocycles. The molecule has 1 aliphatic heterocycles. The van der Waals surface area contributed by atoms with Crippen LogP contribution in [0.15, 0.2) is 115 Å². The lowest BCUT2D eigenvalue weighted by atomic mass is 9.87. The number of benzene rings is 5. The van der Waals surface area contributed by atoms with Crippen molar-refractivity contribution in [2.45, 2.75) is 183 Å². The van der Waals surface area contributed by atoms with Gasteiger partial charge in [0.1, 0.15) is 49.6 Å². The molecule has 0 unspecified atom stereocenters. The molecule has 5 aromatic rings. The number of hydrogen-bond donors (Lipinski definition) is 8. The monoisotopic (exact) mass is 1470 g/mol. The number of hydrogen-bond acceptors (Lipinski definition) is 20. The van der Waals surface area contributed by atoms with Gasteiger partial charge in [-0.15, -0.1) is 0 Å². The maximum atomic E-state index is 14.7. The largest absolute Gasteiger partial charge is 0.492 e. The number of carboxylic acids is 2. The number of nitrogens with two attached hydrogens (primary N) is 4. The van der Waals surface area contributed by atoms with E-state index in [-0.39, 0.29) is 142 Å². The number of carboxylic acid groups (broad SMARTS) is 2. The van der Waals surface area contributed by atoms with Crippen molar-refractivity contribution in [3.05, 3.63) is 154 Å². The second-order valence-corrected chi connectivity index (χ2v) is 27.0. The molecule has 3 amide bonds. The van der Waals surface area contributed by atoms with Crippen molar-refractivity contribution in [3.63, 3.8) is 0 Å². The number of carbonyl (C=O) groups is 10. The van der Waals surface area contributed by atoms with Gasteiger partial charge in [0, 0.05) is 80.9 Å². The predicted octanol–water partition coefficient (Wildman–Crippen LogP) is 10.6. The molecule has 0 saturated carbocycles. The smallest absolute Gasteiger partial charge is 0.407 e. The summed E-state index contributed by atoms with van der Waals surface area (Å²) in [7, 11) is 1.53. The van der Waals surface area contributed by atoms with Gasteiger partial charge in [-0.1, -0.05) is 138 Å². The number of ketones is 3. The van der Waals surface area contributed by atoms with Crippen molar-refractivity contribution < 1.29 is 81.8 Å². The third-order valence-corrected chi connectivity index (χ3v) is 17.2. The molecule has 6 rings (SSSR count). The van der Waals surface area contributed by atoms with Crippen LogP contribution >= 0.6 is 0 Å². The van der Waals surface area contributed by atoms with Gasteiger partial charge in [-0.05, 0) is 137 Å². The number of aryl methyl sites for hydroxylation is 2. The number of nitrogens with zero attached hydrogens (tertiary/aromatic N) is 2. The fourth-order valence-corrected chi connectivity index (χ4v) is 11.6. The van der Waals surface area contributed by atoms with E-state index < -0.39 is 88.9 Å². The number of Topliss-reactive ketones (excluding diaryl/α,β-unsaturated/α-hetero) is 3. The lowest BCUT2D eigenvalue weighted by Crippen LogP contribution is -2.46. The van der Waals surface area contributed by atoms with Gasteiger partial charge in [0.25, 0.3) is 0 Å². The molecule has 0 spiro atoms. The number of unbranched alkanes of at least 4 members (excludes halogenated alkanes) is 4. The van der Waals surface area contributed by atoms with Crippen molar-refractivity contribution in [2.75, 3.05) is 53.0 Å². The Hall–Kier alpha value is -9.87. The molecule has 4 bridgehead atoms. The van der Waals surface area contributed by atoms with Gasteiger partial charge in [0.05, 0.1) is 36.8 Å². The van der Waals surface area contributed by atoms with E-state index >= 15 is 0 Å². The van der Waals surface area contributed by atoms with E-state index in [1.165, 1.54) is 36.8 Å². The summed E-state index contributed by atoms with van der Waals surface area (Å²) in [4.78, 5) is 129. The van der Waals surface area contributed by atoms with Gasteiger partial charge in [-0.3, -0.25) is 43.2 Å². The molecule has 25 nitrogen and oxygen atoms in total. The van der Waals surface area contributed by atoms with Crippen LogP contribution in [0, 0.1) is 41.9 Å². The van der Waals surface area contributed by atoms with Crippen LogP contribution in [0.5, 0.6) is 11.5 Å². The topological polar surface area (TPSA) is 412 Å². The standard InChI is InChI=1S/C49H66N6O7.C18H25NO6.C13H17NO4.CH4/c1-5-6-7-8-9-11-34-13-16-38(32(2)26-34)43(57)31-37(19-21-51)49(60)55(4)47-36-15-18-46(62-25-23-53)40(30-36)39-28-35(14-17-45(39)61-24-22-52)29-41(42(56)12-10-20-50)54-48(59)33(3)27-44(47)58;1-18(2,3)25-17(23)19-10-9-14(16(21)22)11-15(20)24-12-13-7-5-4-6-8-13;14-7-6-11(13(16)17)8-12(15)18-9-10-4-2-1-3-5-10;/h13-18,26,28,30,33,37,41,47H,5-12,19,21-25,27,29,31,51-53H2,1-4H3,(H,54,59);4-8,14H,9-12H2,1-3H3,(H,19,23)(H,21,22);1-5,11H,6-9,14H2,(H,16,17);1H4/t33-,37+,41+,47+;14-;11-;/m100./s1. The first-order valence-corrected chi connectivity index (χ1v) is 35.9. The van der Waals surface area contributed by atoms with Crippen LogP contribution in [0.3, 0.4) is 0 Å². The summed E-state index contributed by atoms with van der Waals surface area (Å²) in [5.74, 6) is -7.65. The minimum absolute atomic E-state index is 0. The first-order chi connectivity index (χ1) is 50.2. The number of ether oxygens (including phenoxy) is 5. The Morgan fingerprint density at radius 1 is 0.670 bits per heavy atom. The number of fused-ring (bicyclic) bond motifs is 5. The zero-order valence-corrected chi connectivity index (χ0v) is 61.8. The van der Waals surface area contributed by atoms with Crippen molar-refractivity contribution in [2.24, 2.45) is 46.6 Å². The Morgan fingerprint density at radius 3 is 1.75 bits per heavy atom. The molecule has 12 N–H and O–H groups in total. The molecule has 106 heavy (non-hydrogen) atoms. The van der Waals surface area contributed by atoms with Crippen molar-refractivity contribution in [3.8, 4) is 28.7 Å². The number of esters is 2. The quantitative estimate of drug-likeness (QED) is 0.00792. The molecule has 1 heterocycles. The Kier molecular flexibility index (Phi) is 41.1. The summed E-state index contributed by atoms with van der Waals surface area (Å²) in [5, 5.41) is 32.6. The summed E-state index contributed by atoms with van der Waals surface area (Å²) < 4.78 is 27.4. The van der Waals surface area contributed by atoms with Crippen LogP contribution in [0.4, 0.5) is 4.79 Å². The zero-order chi connectivity index (χ0) is 77.4. The average molecular weight is 1470 g/mol. The van der Waals surface area contributed by atoms with Crippen LogP contribution in [-0.4, -0.2) is 139 Å². The minimum Gasteiger partial charge on any atom is -0.492 e. The number of nitriles is 1. The molecule has 0 aromatic heterocycles. The second-order valence-electron chi connectivity index (χ2n) is 27.0. The number of amides is 3. The third kappa shape index (κ3) is 32.2. The highest BCUT2D eigenvalue weighted by Gasteiger charge is 2.37. The summed E-state index contributed by atoms with van der Waals surface area (Å²) in [6.07, 6.45) is 6.03. The molecule has 0 saturated heterocycles. The van der Waals surface area contributed by atoms with Gasteiger partial charge in [-0.25, -0.2) is 4.79 Å². The maximum Gasteiger partial charge on any atom is 0.407 e. The molecule has 25 heteroatoms. The van der Waals surface area contributed by atoms with Crippen LogP contribution in [0.1, 0.15) is 182 Å². The summed E-state index contributed by atoms with van der Waals surface area (Å²) >= 11 is 0. The number of carbonyl (C=O) groups excluding carboxylic acids is 8. The van der Waals surface area contributed by atoms with E-state index in [2.05, 4.69) is 23.6 Å². The van der Waals surface area contributed by atoms with E-state index in [0.29, 0.717) is 39.3 Å². The number of rotatable bonds is 37. The molecule has 0 radical (unpaired) electrons. The Labute approximate surface area is 624 Å². The van der Waals surface area contributed by atoms with Crippen molar-refractivity contribution in [1.29, 1.82) is 5.26 Å². The van der Waals surface area contributed by atoms with Crippen molar-refractivity contribution in [1.82, 2.24) is 15.5 Å². The number of nitrogens with one attached hydrogen (secondary N) is 2. The lowest BCUT2D eigenvalue weighted by molar-refractivity contribution is -0.152. The minimum atomic E-state index is -1.19. The summed E-state index contributed by atoms with van der Waals surface area (Å²) in [6, 6.07) is 34.6. The summed E-state index contributed by atoms with van der Waals surface area (Å²) in [5.41, 5.74) is 28.9. The first kappa shape index (κ1) is 90.3. The highest BCUT2D eigenvalue weighted by Crippen LogP contribution is 2.41.